The lowest BCUT2D eigenvalue weighted by atomic mass is 10.2. The fourth-order valence-electron chi connectivity index (χ4n) is 2.46. The van der Waals surface area contributed by atoms with E-state index < -0.39 is 0 Å². The van der Waals surface area contributed by atoms with Crippen LogP contribution in [0.2, 0.25) is 0 Å². The molecule has 1 aromatic carbocycles. The van der Waals surface area contributed by atoms with Crippen LogP contribution >= 0.6 is 0 Å². The lowest BCUT2D eigenvalue weighted by Gasteiger charge is -2.02. The van der Waals surface area contributed by atoms with E-state index in [1.165, 1.54) is 4.68 Å². The summed E-state index contributed by atoms with van der Waals surface area (Å²) in [5, 5.41) is 8.37. The maximum atomic E-state index is 12.3. The van der Waals surface area contributed by atoms with Crippen LogP contribution in [-0.2, 0) is 6.54 Å². The molecule has 3 aromatic heterocycles. The molecule has 0 fully saturated rings. The summed E-state index contributed by atoms with van der Waals surface area (Å²) >= 11 is 0. The third-order valence-electron chi connectivity index (χ3n) is 3.64. The minimum Gasteiger partial charge on any atom is -0.290 e. The topological polar surface area (TPSA) is 81.4 Å². The Balaban J connectivity index is 1.62. The van der Waals surface area contributed by atoms with Crippen molar-refractivity contribution in [1.82, 2.24) is 29.5 Å². The van der Waals surface area contributed by atoms with E-state index in [1.807, 2.05) is 36.5 Å². The normalized spacial score (nSPS) is 10.8. The first-order valence-corrected chi connectivity index (χ1v) is 7.46. The van der Waals surface area contributed by atoms with E-state index in [1.54, 1.807) is 35.5 Å². The van der Waals surface area contributed by atoms with Crippen molar-refractivity contribution in [2.45, 2.75) is 6.54 Å². The van der Waals surface area contributed by atoms with Crippen LogP contribution in [-0.4, -0.2) is 29.5 Å². The molecule has 0 bridgehead atoms. The molecule has 4 aromatic rings. The van der Waals surface area contributed by atoms with Gasteiger partial charge in [0.1, 0.15) is 0 Å². The van der Waals surface area contributed by atoms with Gasteiger partial charge in [-0.15, -0.1) is 0 Å². The van der Waals surface area contributed by atoms with Crippen LogP contribution < -0.4 is 5.56 Å². The smallest absolute Gasteiger partial charge is 0.260 e. The van der Waals surface area contributed by atoms with Gasteiger partial charge < -0.3 is 0 Å². The summed E-state index contributed by atoms with van der Waals surface area (Å²) in [6.07, 6.45) is 8.40. The highest BCUT2D eigenvalue weighted by Crippen LogP contribution is 2.14. The quantitative estimate of drug-likeness (QED) is 0.623. The molecule has 0 radical (unpaired) electrons. The second kappa shape index (κ2) is 5.96. The minimum atomic E-state index is -0.227. The summed E-state index contributed by atoms with van der Waals surface area (Å²) in [5.41, 5.74) is 2.12. The number of benzene rings is 1. The van der Waals surface area contributed by atoms with E-state index in [9.17, 15) is 4.79 Å². The van der Waals surface area contributed by atoms with Crippen molar-refractivity contribution >= 4 is 0 Å². The van der Waals surface area contributed by atoms with Crippen molar-refractivity contribution in [3.8, 4) is 17.1 Å². The van der Waals surface area contributed by atoms with Gasteiger partial charge in [0, 0.05) is 30.4 Å². The Morgan fingerprint density at radius 2 is 1.92 bits per heavy atom. The summed E-state index contributed by atoms with van der Waals surface area (Å²) in [6.45, 7) is 0.650. The predicted octanol–water partition coefficient (Wildman–Crippen LogP) is 1.87. The third-order valence-corrected chi connectivity index (χ3v) is 3.64. The fourth-order valence-corrected chi connectivity index (χ4v) is 2.46. The number of nitrogens with zero attached hydrogens (tertiary/aromatic N) is 5. The van der Waals surface area contributed by atoms with Crippen LogP contribution in [0.4, 0.5) is 0 Å². The molecule has 7 heteroatoms. The number of aromatic nitrogens is 6. The SMILES string of the molecule is O=c1[nH]c(-n2cccn2)ncc1-c1cnn(Cc2ccccc2)c1. The Hall–Kier alpha value is -3.48. The zero-order chi connectivity index (χ0) is 16.4. The lowest BCUT2D eigenvalue weighted by Crippen LogP contribution is -2.14. The maximum absolute atomic E-state index is 12.3. The van der Waals surface area contributed by atoms with E-state index in [2.05, 4.69) is 20.2 Å². The van der Waals surface area contributed by atoms with Gasteiger partial charge in [0.15, 0.2) is 0 Å². The summed E-state index contributed by atoms with van der Waals surface area (Å²) < 4.78 is 3.30. The van der Waals surface area contributed by atoms with Crippen molar-refractivity contribution in [3.05, 3.63) is 83.3 Å². The van der Waals surface area contributed by atoms with Crippen LogP contribution in [0.25, 0.3) is 17.1 Å². The molecule has 4 rings (SSSR count). The van der Waals surface area contributed by atoms with E-state index in [0.717, 1.165) is 11.1 Å². The first kappa shape index (κ1) is 14.1. The highest BCUT2D eigenvalue weighted by molar-refractivity contribution is 5.59. The molecule has 24 heavy (non-hydrogen) atoms. The summed E-state index contributed by atoms with van der Waals surface area (Å²) in [6, 6.07) is 11.8. The number of hydrogen-bond acceptors (Lipinski definition) is 4. The maximum Gasteiger partial charge on any atom is 0.260 e. The molecule has 0 aliphatic carbocycles. The van der Waals surface area contributed by atoms with E-state index in [4.69, 9.17) is 0 Å². The molecule has 0 saturated carbocycles. The molecule has 118 valence electrons. The van der Waals surface area contributed by atoms with Gasteiger partial charge in [-0.3, -0.25) is 14.5 Å². The van der Waals surface area contributed by atoms with Crippen molar-refractivity contribution < 1.29 is 0 Å². The van der Waals surface area contributed by atoms with Crippen LogP contribution in [0.1, 0.15) is 5.56 Å². The van der Waals surface area contributed by atoms with Gasteiger partial charge in [0.2, 0.25) is 5.95 Å². The molecule has 0 spiro atoms. The van der Waals surface area contributed by atoms with Gasteiger partial charge in [0.25, 0.3) is 5.56 Å². The van der Waals surface area contributed by atoms with Gasteiger partial charge in [-0.05, 0) is 11.6 Å². The second-order valence-corrected chi connectivity index (χ2v) is 5.31. The Morgan fingerprint density at radius 1 is 1.04 bits per heavy atom. The van der Waals surface area contributed by atoms with Crippen molar-refractivity contribution in [2.24, 2.45) is 0 Å². The third kappa shape index (κ3) is 2.74. The van der Waals surface area contributed by atoms with Crippen LogP contribution in [0.5, 0.6) is 0 Å². The number of hydrogen-bond donors (Lipinski definition) is 1. The largest absolute Gasteiger partial charge is 0.290 e. The Labute approximate surface area is 137 Å². The molecule has 0 atom stereocenters. The van der Waals surface area contributed by atoms with Gasteiger partial charge in [-0.2, -0.15) is 10.2 Å². The zero-order valence-corrected chi connectivity index (χ0v) is 12.7. The van der Waals surface area contributed by atoms with Crippen LogP contribution in [0, 0.1) is 0 Å². The Kier molecular flexibility index (Phi) is 3.51. The molecule has 0 unspecified atom stereocenters. The fraction of sp³-hybridized carbons (Fsp3) is 0.0588. The number of rotatable bonds is 4. The standard InChI is InChI=1S/C17H14N6O/c24-16-15(10-18-17(21-16)23-8-4-7-19-23)14-9-20-22(12-14)11-13-5-2-1-3-6-13/h1-10,12H,11H2,(H,18,21,24). The van der Waals surface area contributed by atoms with E-state index in [-0.39, 0.29) is 5.56 Å². The average molecular weight is 318 g/mol. The first-order valence-electron chi connectivity index (χ1n) is 7.46. The molecular weight excluding hydrogens is 304 g/mol. The second-order valence-electron chi connectivity index (χ2n) is 5.31. The number of H-pyrrole nitrogens is 1. The Bertz CT molecular complexity index is 1000. The molecular formula is C17H14N6O. The summed E-state index contributed by atoms with van der Waals surface area (Å²) in [4.78, 5) is 19.3. The monoisotopic (exact) mass is 318 g/mol. The van der Waals surface area contributed by atoms with Crippen LogP contribution in [0.3, 0.4) is 0 Å². The van der Waals surface area contributed by atoms with Gasteiger partial charge in [0.05, 0.1) is 18.3 Å². The highest BCUT2D eigenvalue weighted by atomic mass is 16.1. The zero-order valence-electron chi connectivity index (χ0n) is 12.7. The van der Waals surface area contributed by atoms with Gasteiger partial charge in [-0.25, -0.2) is 9.67 Å². The molecule has 1 N–H and O–H groups in total. The lowest BCUT2D eigenvalue weighted by molar-refractivity contribution is 0.687. The first-order chi connectivity index (χ1) is 11.8. The average Bonchev–Trinajstić information content (AvgIpc) is 3.27. The minimum absolute atomic E-state index is 0.227. The number of aromatic amines is 1. The van der Waals surface area contributed by atoms with Crippen molar-refractivity contribution in [3.63, 3.8) is 0 Å². The molecule has 0 amide bonds. The predicted molar refractivity (Wildman–Crippen MR) is 88.7 cm³/mol. The molecule has 0 aliphatic heterocycles. The van der Waals surface area contributed by atoms with E-state index >= 15 is 0 Å². The molecule has 0 saturated heterocycles. The molecule has 0 aliphatic rings. The van der Waals surface area contributed by atoms with Crippen molar-refractivity contribution in [2.75, 3.05) is 0 Å². The van der Waals surface area contributed by atoms with Crippen LogP contribution in [0.15, 0.2) is 72.2 Å². The summed E-state index contributed by atoms with van der Waals surface area (Å²) in [7, 11) is 0. The van der Waals surface area contributed by atoms with Crippen molar-refractivity contribution in [1.29, 1.82) is 0 Å². The number of nitrogens with one attached hydrogen (secondary N) is 1. The highest BCUT2D eigenvalue weighted by Gasteiger charge is 2.09. The van der Waals surface area contributed by atoms with E-state index in [0.29, 0.717) is 18.1 Å². The molecule has 7 nitrogen and oxygen atoms in total. The van der Waals surface area contributed by atoms with Gasteiger partial charge in [-0.1, -0.05) is 30.3 Å². The molecule has 3 heterocycles. The van der Waals surface area contributed by atoms with Gasteiger partial charge >= 0.3 is 0 Å². The Morgan fingerprint density at radius 3 is 2.67 bits per heavy atom. The summed E-state index contributed by atoms with van der Waals surface area (Å²) in [5.74, 6) is 0.380.